The fourth-order valence-electron chi connectivity index (χ4n) is 3.08. The summed E-state index contributed by atoms with van der Waals surface area (Å²) in [5.74, 6) is -0.287. The van der Waals surface area contributed by atoms with Gasteiger partial charge in [0.2, 0.25) is 0 Å². The maximum Gasteiger partial charge on any atom is 0.318 e. The third-order valence-electron chi connectivity index (χ3n) is 4.63. The number of amides is 2. The maximum atomic E-state index is 13.5. The van der Waals surface area contributed by atoms with E-state index in [2.05, 4.69) is 10.2 Å². The lowest BCUT2D eigenvalue weighted by atomic mass is 10.2. The van der Waals surface area contributed by atoms with Crippen LogP contribution in [0.1, 0.15) is 11.1 Å². The highest BCUT2D eigenvalue weighted by Gasteiger charge is 2.17. The van der Waals surface area contributed by atoms with Crippen molar-refractivity contribution in [3.63, 3.8) is 0 Å². The van der Waals surface area contributed by atoms with Crippen LogP contribution in [0.3, 0.4) is 0 Å². The van der Waals surface area contributed by atoms with E-state index in [1.165, 1.54) is 12.1 Å². The van der Waals surface area contributed by atoms with Gasteiger partial charge in [-0.3, -0.25) is 4.90 Å². The molecule has 2 aromatic rings. The molecule has 1 heterocycles. The molecule has 6 heteroatoms. The Labute approximate surface area is 159 Å². The van der Waals surface area contributed by atoms with Gasteiger partial charge in [0.05, 0.1) is 13.2 Å². The standard InChI is InChI=1S/C21H26FN3O2/c22-20-8-4-7-19(15-20)17-25(10-9-24-11-13-27-14-12-24)21(26)23-16-18-5-2-1-3-6-18/h1-8,15H,9-14,16-17H2,(H,23,26). The summed E-state index contributed by atoms with van der Waals surface area (Å²) in [5, 5.41) is 2.97. The van der Waals surface area contributed by atoms with Gasteiger partial charge in [-0.1, -0.05) is 42.5 Å². The number of urea groups is 1. The van der Waals surface area contributed by atoms with Crippen molar-refractivity contribution in [1.82, 2.24) is 15.1 Å². The van der Waals surface area contributed by atoms with Crippen molar-refractivity contribution in [1.29, 1.82) is 0 Å². The number of hydrogen-bond acceptors (Lipinski definition) is 3. The number of rotatable bonds is 7. The Morgan fingerprint density at radius 2 is 1.81 bits per heavy atom. The number of hydrogen-bond donors (Lipinski definition) is 1. The molecular formula is C21H26FN3O2. The van der Waals surface area contributed by atoms with Crippen molar-refractivity contribution >= 4 is 6.03 Å². The second-order valence-corrected chi connectivity index (χ2v) is 6.65. The van der Waals surface area contributed by atoms with Crippen LogP contribution in [-0.4, -0.2) is 55.2 Å². The van der Waals surface area contributed by atoms with Gasteiger partial charge in [0.25, 0.3) is 0 Å². The molecule has 144 valence electrons. The molecule has 1 fully saturated rings. The molecule has 0 spiro atoms. The Morgan fingerprint density at radius 3 is 2.56 bits per heavy atom. The highest BCUT2D eigenvalue weighted by Crippen LogP contribution is 2.09. The van der Waals surface area contributed by atoms with Crippen molar-refractivity contribution in [2.75, 3.05) is 39.4 Å². The summed E-state index contributed by atoms with van der Waals surface area (Å²) in [5.41, 5.74) is 1.83. The number of nitrogens with one attached hydrogen (secondary N) is 1. The van der Waals surface area contributed by atoms with Gasteiger partial charge in [0, 0.05) is 39.3 Å². The lowest BCUT2D eigenvalue weighted by molar-refractivity contribution is 0.0346. The lowest BCUT2D eigenvalue weighted by Gasteiger charge is -2.30. The molecular weight excluding hydrogens is 345 g/mol. The summed E-state index contributed by atoms with van der Waals surface area (Å²) in [7, 11) is 0. The number of carbonyl (C=O) groups is 1. The maximum absolute atomic E-state index is 13.5. The van der Waals surface area contributed by atoms with Crippen LogP contribution in [0.2, 0.25) is 0 Å². The average molecular weight is 371 g/mol. The largest absolute Gasteiger partial charge is 0.379 e. The highest BCUT2D eigenvalue weighted by molar-refractivity contribution is 5.74. The van der Waals surface area contributed by atoms with E-state index in [0.717, 1.165) is 44.0 Å². The zero-order valence-electron chi connectivity index (χ0n) is 15.4. The molecule has 0 unspecified atom stereocenters. The predicted molar refractivity (Wildman–Crippen MR) is 103 cm³/mol. The molecule has 1 saturated heterocycles. The van der Waals surface area contributed by atoms with E-state index in [9.17, 15) is 9.18 Å². The minimum Gasteiger partial charge on any atom is -0.379 e. The normalized spacial score (nSPS) is 14.7. The van der Waals surface area contributed by atoms with Crippen molar-refractivity contribution in [2.24, 2.45) is 0 Å². The fourth-order valence-corrected chi connectivity index (χ4v) is 3.08. The monoisotopic (exact) mass is 371 g/mol. The van der Waals surface area contributed by atoms with E-state index in [-0.39, 0.29) is 11.8 Å². The molecule has 27 heavy (non-hydrogen) atoms. The van der Waals surface area contributed by atoms with Gasteiger partial charge in [-0.25, -0.2) is 9.18 Å². The predicted octanol–water partition coefficient (Wildman–Crippen LogP) is 2.87. The molecule has 0 saturated carbocycles. The summed E-state index contributed by atoms with van der Waals surface area (Å²) in [4.78, 5) is 16.8. The molecule has 2 amide bonds. The smallest absolute Gasteiger partial charge is 0.318 e. The van der Waals surface area contributed by atoms with Crippen LogP contribution < -0.4 is 5.32 Å². The zero-order chi connectivity index (χ0) is 18.9. The number of halogens is 1. The molecule has 1 N–H and O–H groups in total. The first-order valence-electron chi connectivity index (χ1n) is 9.32. The van der Waals surface area contributed by atoms with Crippen LogP contribution >= 0.6 is 0 Å². The van der Waals surface area contributed by atoms with Gasteiger partial charge in [-0.15, -0.1) is 0 Å². The van der Waals surface area contributed by atoms with Crippen molar-refractivity contribution in [3.8, 4) is 0 Å². The van der Waals surface area contributed by atoms with Crippen molar-refractivity contribution in [3.05, 3.63) is 71.5 Å². The van der Waals surface area contributed by atoms with Gasteiger partial charge in [0.1, 0.15) is 5.82 Å². The minimum absolute atomic E-state index is 0.142. The fraction of sp³-hybridized carbons (Fsp3) is 0.381. The first-order valence-corrected chi connectivity index (χ1v) is 9.32. The number of morpholine rings is 1. The Kier molecular flexibility index (Phi) is 7.19. The third kappa shape index (κ3) is 6.34. The first-order chi connectivity index (χ1) is 13.2. The minimum atomic E-state index is -0.287. The summed E-state index contributed by atoms with van der Waals surface area (Å²) in [6.07, 6.45) is 0. The second-order valence-electron chi connectivity index (χ2n) is 6.65. The highest BCUT2D eigenvalue weighted by atomic mass is 19.1. The van der Waals surface area contributed by atoms with Crippen molar-refractivity contribution in [2.45, 2.75) is 13.1 Å². The van der Waals surface area contributed by atoms with Gasteiger partial charge in [-0.05, 0) is 23.3 Å². The molecule has 1 aliphatic heterocycles. The van der Waals surface area contributed by atoms with Gasteiger partial charge < -0.3 is 15.0 Å². The second kappa shape index (κ2) is 10.0. The van der Waals surface area contributed by atoms with Gasteiger partial charge in [-0.2, -0.15) is 0 Å². The van der Waals surface area contributed by atoms with Gasteiger partial charge >= 0.3 is 6.03 Å². The summed E-state index contributed by atoms with van der Waals surface area (Å²) in [6.45, 7) is 5.40. The van der Waals surface area contributed by atoms with E-state index in [4.69, 9.17) is 4.74 Å². The number of ether oxygens (including phenoxy) is 1. The molecule has 0 bridgehead atoms. The summed E-state index contributed by atoms with van der Waals surface area (Å²) in [6, 6.07) is 16.1. The number of carbonyl (C=O) groups excluding carboxylic acids is 1. The van der Waals surface area contributed by atoms with Crippen LogP contribution in [0.15, 0.2) is 54.6 Å². The molecule has 0 atom stereocenters. The Bertz CT molecular complexity index is 720. The van der Waals surface area contributed by atoms with Crippen LogP contribution in [-0.2, 0) is 17.8 Å². The van der Waals surface area contributed by atoms with Crippen LogP contribution in [0.4, 0.5) is 9.18 Å². The Hall–Kier alpha value is -2.44. The van der Waals surface area contributed by atoms with Crippen molar-refractivity contribution < 1.29 is 13.9 Å². The Morgan fingerprint density at radius 1 is 1.07 bits per heavy atom. The SMILES string of the molecule is O=C(NCc1ccccc1)N(CCN1CCOCC1)Cc1cccc(F)c1. The van der Waals surface area contributed by atoms with E-state index in [1.807, 2.05) is 36.4 Å². The molecule has 1 aliphatic rings. The summed E-state index contributed by atoms with van der Waals surface area (Å²) < 4.78 is 18.9. The molecule has 2 aromatic carbocycles. The zero-order valence-corrected chi connectivity index (χ0v) is 15.4. The first kappa shape index (κ1) is 19.3. The lowest BCUT2D eigenvalue weighted by Crippen LogP contribution is -2.45. The van der Waals surface area contributed by atoms with Gasteiger partial charge in [0.15, 0.2) is 0 Å². The quantitative estimate of drug-likeness (QED) is 0.814. The average Bonchev–Trinajstić information content (AvgIpc) is 2.71. The van der Waals surface area contributed by atoms with Crippen LogP contribution in [0, 0.1) is 5.82 Å². The molecule has 0 aliphatic carbocycles. The Balaban J connectivity index is 1.60. The van der Waals surface area contributed by atoms with Crippen LogP contribution in [0.25, 0.3) is 0 Å². The third-order valence-corrected chi connectivity index (χ3v) is 4.63. The van der Waals surface area contributed by atoms with E-state index in [0.29, 0.717) is 19.6 Å². The van der Waals surface area contributed by atoms with Crippen LogP contribution in [0.5, 0.6) is 0 Å². The number of benzene rings is 2. The summed E-state index contributed by atoms with van der Waals surface area (Å²) >= 11 is 0. The molecule has 0 aromatic heterocycles. The van der Waals surface area contributed by atoms with E-state index < -0.39 is 0 Å². The molecule has 3 rings (SSSR count). The number of nitrogens with zero attached hydrogens (tertiary/aromatic N) is 2. The molecule has 0 radical (unpaired) electrons. The molecule has 5 nitrogen and oxygen atoms in total. The topological polar surface area (TPSA) is 44.8 Å². The van der Waals surface area contributed by atoms with E-state index >= 15 is 0 Å². The van der Waals surface area contributed by atoms with E-state index in [1.54, 1.807) is 11.0 Å².